The number of carboxylic acids is 1. The highest BCUT2D eigenvalue weighted by atomic mass is 16.5. The van der Waals surface area contributed by atoms with Gasteiger partial charge < -0.3 is 25.4 Å². The van der Waals surface area contributed by atoms with Gasteiger partial charge in [0.05, 0.1) is 12.8 Å². The Kier molecular flexibility index (Phi) is 6.87. The van der Waals surface area contributed by atoms with E-state index < -0.39 is 35.5 Å². The van der Waals surface area contributed by atoms with Gasteiger partial charge in [-0.1, -0.05) is 37.1 Å². The van der Waals surface area contributed by atoms with E-state index in [1.807, 2.05) is 18.2 Å². The molecule has 0 spiro atoms. The molecule has 0 bridgehead atoms. The molecule has 190 valence electrons. The molecule has 5 amide bonds. The minimum Gasteiger partial charge on any atom is -0.495 e. The van der Waals surface area contributed by atoms with E-state index in [1.54, 1.807) is 44.2 Å². The van der Waals surface area contributed by atoms with Crippen LogP contribution in [0.4, 0.5) is 21.0 Å². The van der Waals surface area contributed by atoms with E-state index >= 15 is 0 Å². The van der Waals surface area contributed by atoms with E-state index in [0.29, 0.717) is 22.7 Å². The minimum atomic E-state index is -1.21. The van der Waals surface area contributed by atoms with Crippen LogP contribution in [0.5, 0.6) is 5.75 Å². The van der Waals surface area contributed by atoms with Crippen LogP contribution in [-0.4, -0.2) is 57.5 Å². The van der Waals surface area contributed by atoms with Gasteiger partial charge in [-0.2, -0.15) is 0 Å². The monoisotopic (exact) mass is 494 g/mol. The predicted molar refractivity (Wildman–Crippen MR) is 133 cm³/mol. The second-order valence-electron chi connectivity index (χ2n) is 9.62. The first kappa shape index (κ1) is 25.0. The number of benzene rings is 2. The van der Waals surface area contributed by atoms with E-state index in [4.69, 9.17) is 4.74 Å². The highest BCUT2D eigenvalue weighted by Crippen LogP contribution is 2.38. The topological polar surface area (TPSA) is 128 Å². The number of urea groups is 2. The van der Waals surface area contributed by atoms with Crippen LogP contribution in [0.25, 0.3) is 0 Å². The van der Waals surface area contributed by atoms with Crippen molar-refractivity contribution in [3.63, 3.8) is 0 Å². The molecule has 4 rings (SSSR count). The van der Waals surface area contributed by atoms with Crippen molar-refractivity contribution in [3.05, 3.63) is 54.1 Å². The summed E-state index contributed by atoms with van der Waals surface area (Å²) >= 11 is 0. The van der Waals surface area contributed by atoms with Crippen LogP contribution in [0.15, 0.2) is 48.5 Å². The maximum absolute atomic E-state index is 13.3. The number of imide groups is 1. The molecule has 2 aliphatic rings. The van der Waals surface area contributed by atoms with Crippen LogP contribution >= 0.6 is 0 Å². The zero-order valence-electron chi connectivity index (χ0n) is 20.5. The van der Waals surface area contributed by atoms with Gasteiger partial charge in [-0.3, -0.25) is 4.79 Å². The number of ether oxygens (including phenoxy) is 1. The summed E-state index contributed by atoms with van der Waals surface area (Å²) in [6, 6.07) is 11.8. The Labute approximate surface area is 209 Å². The lowest BCUT2D eigenvalue weighted by Crippen LogP contribution is -2.47. The van der Waals surface area contributed by atoms with Crippen molar-refractivity contribution in [2.75, 3.05) is 17.7 Å². The van der Waals surface area contributed by atoms with E-state index in [0.717, 1.165) is 17.7 Å². The Bertz CT molecular complexity index is 1180. The first-order chi connectivity index (χ1) is 17.1. The van der Waals surface area contributed by atoms with Crippen molar-refractivity contribution in [2.45, 2.75) is 51.2 Å². The zero-order valence-corrected chi connectivity index (χ0v) is 20.5. The molecule has 2 fully saturated rings. The van der Waals surface area contributed by atoms with E-state index in [9.17, 15) is 24.3 Å². The van der Waals surface area contributed by atoms with Crippen LogP contribution in [-0.2, 0) is 16.1 Å². The summed E-state index contributed by atoms with van der Waals surface area (Å²) in [4.78, 5) is 53.0. The molecule has 1 saturated carbocycles. The zero-order chi connectivity index (χ0) is 26.0. The summed E-state index contributed by atoms with van der Waals surface area (Å²) in [5.74, 6) is -1.09. The minimum absolute atomic E-state index is 0.0662. The van der Waals surface area contributed by atoms with E-state index in [-0.39, 0.29) is 18.9 Å². The van der Waals surface area contributed by atoms with Crippen molar-refractivity contribution < 1.29 is 29.0 Å². The van der Waals surface area contributed by atoms with E-state index in [2.05, 4.69) is 10.6 Å². The molecular formula is C26H30N4O6. The fourth-order valence-electron chi connectivity index (χ4n) is 4.32. The summed E-state index contributed by atoms with van der Waals surface area (Å²) in [5, 5.41) is 15.2. The summed E-state index contributed by atoms with van der Waals surface area (Å²) in [7, 11) is 1.46. The summed E-state index contributed by atoms with van der Waals surface area (Å²) in [6.45, 7) is 3.30. The number of nitrogens with one attached hydrogen (secondary N) is 2. The number of carbonyl (C=O) groups is 4. The maximum atomic E-state index is 13.3. The number of amides is 5. The van der Waals surface area contributed by atoms with Gasteiger partial charge in [0.2, 0.25) is 0 Å². The highest BCUT2D eigenvalue weighted by molar-refractivity contribution is 6.09. The van der Waals surface area contributed by atoms with Crippen molar-refractivity contribution in [3.8, 4) is 5.75 Å². The van der Waals surface area contributed by atoms with Gasteiger partial charge in [0.25, 0.3) is 5.91 Å². The molecule has 2 aromatic rings. The molecule has 1 saturated heterocycles. The van der Waals surface area contributed by atoms with Gasteiger partial charge in [-0.25, -0.2) is 19.3 Å². The Balaban J connectivity index is 1.50. The number of methoxy groups -OCH3 is 1. The third-order valence-electron chi connectivity index (χ3n) is 6.59. The second-order valence-corrected chi connectivity index (χ2v) is 9.62. The number of nitrogens with zero attached hydrogens (tertiary/aromatic N) is 2. The quantitative estimate of drug-likeness (QED) is 0.450. The molecule has 36 heavy (non-hydrogen) atoms. The number of carboxylic acid groups (broad SMARTS) is 1. The Morgan fingerprint density at radius 1 is 1.11 bits per heavy atom. The second kappa shape index (κ2) is 9.88. The fourth-order valence-corrected chi connectivity index (χ4v) is 4.32. The van der Waals surface area contributed by atoms with Crippen molar-refractivity contribution in [1.29, 1.82) is 0 Å². The third kappa shape index (κ3) is 5.12. The van der Waals surface area contributed by atoms with Crippen molar-refractivity contribution in [2.24, 2.45) is 5.92 Å². The van der Waals surface area contributed by atoms with Gasteiger partial charge in [0, 0.05) is 12.2 Å². The number of hydrogen-bond donors (Lipinski definition) is 3. The number of anilines is 2. The Hall–Kier alpha value is -4.08. The summed E-state index contributed by atoms with van der Waals surface area (Å²) in [5.41, 5.74) is 0.505. The van der Waals surface area contributed by atoms with Gasteiger partial charge >= 0.3 is 18.0 Å². The Morgan fingerprint density at radius 2 is 1.81 bits per heavy atom. The van der Waals surface area contributed by atoms with Crippen LogP contribution in [0.3, 0.4) is 0 Å². The molecule has 2 aromatic carbocycles. The average molecular weight is 495 g/mol. The van der Waals surface area contributed by atoms with Gasteiger partial charge in [0.15, 0.2) is 0 Å². The molecule has 0 radical (unpaired) electrons. The number of para-hydroxylation sites is 1. The number of aliphatic carboxylic acids is 1. The standard InChI is InChI=1S/C26H30N4O6/c1-26(2)23(33)30(20(22(31)32)13-16-9-10-16)25(35)29(26)15-17-11-12-19(21(14-17)36-3)28-24(34)27-18-7-5-4-6-8-18/h4-8,11-12,14,16,20H,9-10,13,15H2,1-3H3,(H,31,32)(H2,27,28,34)/t20-/m0/s1. The molecular weight excluding hydrogens is 464 g/mol. The Morgan fingerprint density at radius 3 is 2.42 bits per heavy atom. The maximum Gasteiger partial charge on any atom is 0.328 e. The lowest BCUT2D eigenvalue weighted by Gasteiger charge is -2.28. The normalized spacial score (nSPS) is 17.6. The summed E-state index contributed by atoms with van der Waals surface area (Å²) < 4.78 is 5.44. The van der Waals surface area contributed by atoms with Gasteiger partial charge in [-0.05, 0) is 56.0 Å². The van der Waals surface area contributed by atoms with Crippen LogP contribution in [0, 0.1) is 5.92 Å². The van der Waals surface area contributed by atoms with Crippen molar-refractivity contribution in [1.82, 2.24) is 9.80 Å². The molecule has 3 N–H and O–H groups in total. The summed E-state index contributed by atoms with van der Waals surface area (Å²) in [6.07, 6.45) is 2.10. The van der Waals surface area contributed by atoms with Gasteiger partial charge in [0.1, 0.15) is 17.3 Å². The third-order valence-corrected chi connectivity index (χ3v) is 6.59. The molecule has 10 nitrogen and oxygen atoms in total. The first-order valence-corrected chi connectivity index (χ1v) is 11.8. The molecule has 0 aromatic heterocycles. The highest BCUT2D eigenvalue weighted by Gasteiger charge is 2.55. The lowest BCUT2D eigenvalue weighted by molar-refractivity contribution is -0.148. The predicted octanol–water partition coefficient (Wildman–Crippen LogP) is 4.14. The average Bonchev–Trinajstić information content (AvgIpc) is 3.64. The molecule has 1 aliphatic heterocycles. The van der Waals surface area contributed by atoms with Gasteiger partial charge in [-0.15, -0.1) is 0 Å². The molecule has 1 aliphatic carbocycles. The number of rotatable bonds is 9. The number of hydrogen-bond acceptors (Lipinski definition) is 5. The molecule has 1 heterocycles. The lowest BCUT2D eigenvalue weighted by atomic mass is 10.0. The largest absolute Gasteiger partial charge is 0.495 e. The van der Waals surface area contributed by atoms with E-state index in [1.165, 1.54) is 12.0 Å². The molecule has 10 heteroatoms. The number of carbonyl (C=O) groups excluding carboxylic acids is 3. The van der Waals surface area contributed by atoms with Crippen molar-refractivity contribution >= 4 is 35.3 Å². The molecule has 1 atom stereocenters. The van der Waals surface area contributed by atoms with Crippen LogP contribution in [0.2, 0.25) is 0 Å². The fraction of sp³-hybridized carbons (Fsp3) is 0.385. The SMILES string of the molecule is COc1cc(CN2C(=O)N([C@@H](CC3CC3)C(=O)O)C(=O)C2(C)C)ccc1NC(=O)Nc1ccccc1. The van der Waals surface area contributed by atoms with Crippen LogP contribution < -0.4 is 15.4 Å². The first-order valence-electron chi connectivity index (χ1n) is 11.8. The van der Waals surface area contributed by atoms with Crippen LogP contribution in [0.1, 0.15) is 38.7 Å². The molecule has 0 unspecified atom stereocenters. The smallest absolute Gasteiger partial charge is 0.328 e.